The van der Waals surface area contributed by atoms with E-state index < -0.39 is 5.97 Å². The van der Waals surface area contributed by atoms with E-state index in [2.05, 4.69) is 4.98 Å². The first kappa shape index (κ1) is 13.9. The first-order chi connectivity index (χ1) is 10.7. The fourth-order valence-corrected chi connectivity index (χ4v) is 2.26. The molecular weight excluding hydrogens is 282 g/mol. The molecule has 0 amide bonds. The van der Waals surface area contributed by atoms with E-state index >= 15 is 0 Å². The summed E-state index contributed by atoms with van der Waals surface area (Å²) in [5.74, 6) is 0.239. The normalized spacial score (nSPS) is 10.4. The highest BCUT2D eigenvalue weighted by atomic mass is 16.5. The molecule has 110 valence electrons. The van der Waals surface area contributed by atoms with Crippen LogP contribution in [0.4, 0.5) is 0 Å². The molecule has 1 N–H and O–H groups in total. The molecule has 0 saturated heterocycles. The van der Waals surface area contributed by atoms with Gasteiger partial charge in [0.25, 0.3) is 0 Å². The molecule has 0 aliphatic carbocycles. The number of aromatic carboxylic acids is 1. The van der Waals surface area contributed by atoms with Crippen molar-refractivity contribution >= 4 is 16.7 Å². The van der Waals surface area contributed by atoms with Crippen molar-refractivity contribution in [2.45, 2.75) is 0 Å². The lowest BCUT2D eigenvalue weighted by molar-refractivity contribution is 0.0699. The molecule has 22 heavy (non-hydrogen) atoms. The van der Waals surface area contributed by atoms with Gasteiger partial charge in [0, 0.05) is 6.20 Å². The number of hydrogen-bond donors (Lipinski definition) is 1. The van der Waals surface area contributed by atoms with Crippen LogP contribution in [0.25, 0.3) is 10.8 Å². The van der Waals surface area contributed by atoms with E-state index in [1.807, 2.05) is 12.1 Å². The Bertz CT molecular complexity index is 840. The van der Waals surface area contributed by atoms with Gasteiger partial charge in [-0.25, -0.2) is 9.78 Å². The molecule has 2 aromatic carbocycles. The first-order valence-electron chi connectivity index (χ1n) is 6.62. The van der Waals surface area contributed by atoms with Crippen molar-refractivity contribution in [3.8, 4) is 17.4 Å². The molecular formula is C17H13NO4. The van der Waals surface area contributed by atoms with E-state index in [-0.39, 0.29) is 11.4 Å². The van der Waals surface area contributed by atoms with E-state index in [4.69, 9.17) is 9.47 Å². The lowest BCUT2D eigenvalue weighted by Crippen LogP contribution is -2.00. The molecule has 5 nitrogen and oxygen atoms in total. The van der Waals surface area contributed by atoms with Gasteiger partial charge >= 0.3 is 5.97 Å². The molecule has 5 heteroatoms. The lowest BCUT2D eigenvalue weighted by atomic mass is 10.1. The van der Waals surface area contributed by atoms with Crippen molar-refractivity contribution in [3.63, 3.8) is 0 Å². The molecule has 0 radical (unpaired) electrons. The Hall–Kier alpha value is -3.08. The number of methoxy groups -OCH3 is 1. The highest BCUT2D eigenvalue weighted by Crippen LogP contribution is 2.34. The summed E-state index contributed by atoms with van der Waals surface area (Å²) in [7, 11) is 1.54. The summed E-state index contributed by atoms with van der Waals surface area (Å²) in [6, 6.07) is 13.9. The highest BCUT2D eigenvalue weighted by Gasteiger charge is 2.15. The number of carboxylic acids is 1. The summed E-state index contributed by atoms with van der Waals surface area (Å²) < 4.78 is 11.0. The summed E-state index contributed by atoms with van der Waals surface area (Å²) in [5.41, 5.74) is 0.149. The standard InChI is InChI=1S/C17H13NO4/c1-21-13-7-2-3-8-14(13)22-16-15-11(9-10-18-16)5-4-6-12(15)17(19)20/h2-10H,1H3,(H,19,20). The van der Waals surface area contributed by atoms with Crippen LogP contribution in [-0.4, -0.2) is 23.2 Å². The number of rotatable bonds is 4. The molecule has 3 aromatic rings. The number of hydrogen-bond acceptors (Lipinski definition) is 4. The van der Waals surface area contributed by atoms with Crippen molar-refractivity contribution in [2.24, 2.45) is 0 Å². The van der Waals surface area contributed by atoms with Crippen LogP contribution in [0, 0.1) is 0 Å². The van der Waals surface area contributed by atoms with Crippen molar-refractivity contribution in [1.29, 1.82) is 0 Å². The second kappa shape index (κ2) is 5.73. The van der Waals surface area contributed by atoms with Gasteiger partial charge in [-0.1, -0.05) is 24.3 Å². The number of aromatic nitrogens is 1. The van der Waals surface area contributed by atoms with Gasteiger partial charge in [-0.2, -0.15) is 0 Å². The van der Waals surface area contributed by atoms with E-state index in [0.29, 0.717) is 16.9 Å². The van der Waals surface area contributed by atoms with Crippen molar-refractivity contribution in [2.75, 3.05) is 7.11 Å². The third-order valence-corrected chi connectivity index (χ3v) is 3.26. The molecule has 1 heterocycles. The zero-order valence-corrected chi connectivity index (χ0v) is 11.8. The fourth-order valence-electron chi connectivity index (χ4n) is 2.26. The first-order valence-corrected chi connectivity index (χ1v) is 6.62. The monoisotopic (exact) mass is 295 g/mol. The summed E-state index contributed by atoms with van der Waals surface area (Å²) in [4.78, 5) is 15.6. The molecule has 0 spiro atoms. The van der Waals surface area contributed by atoms with Crippen molar-refractivity contribution < 1.29 is 19.4 Å². The number of ether oxygens (including phenoxy) is 2. The minimum Gasteiger partial charge on any atom is -0.493 e. The number of fused-ring (bicyclic) bond motifs is 1. The number of carbonyl (C=O) groups is 1. The molecule has 3 rings (SSSR count). The van der Waals surface area contributed by atoms with Crippen molar-refractivity contribution in [3.05, 3.63) is 60.3 Å². The average molecular weight is 295 g/mol. The Kier molecular flexibility index (Phi) is 3.62. The fraction of sp³-hybridized carbons (Fsp3) is 0.0588. The Labute approximate surface area is 126 Å². The maximum Gasteiger partial charge on any atom is 0.336 e. The van der Waals surface area contributed by atoms with E-state index in [9.17, 15) is 9.90 Å². The van der Waals surface area contributed by atoms with E-state index in [1.165, 1.54) is 6.07 Å². The SMILES string of the molecule is COc1ccccc1Oc1nccc2cccc(C(=O)O)c12. The van der Waals surface area contributed by atoms with Gasteiger partial charge in [0.1, 0.15) is 0 Å². The second-order valence-electron chi connectivity index (χ2n) is 4.58. The molecule has 1 aromatic heterocycles. The number of pyridine rings is 1. The molecule has 0 atom stereocenters. The smallest absolute Gasteiger partial charge is 0.336 e. The molecule has 0 saturated carbocycles. The average Bonchev–Trinajstić information content (AvgIpc) is 2.55. The topological polar surface area (TPSA) is 68.7 Å². The maximum absolute atomic E-state index is 11.4. The van der Waals surface area contributed by atoms with Crippen LogP contribution in [0.2, 0.25) is 0 Å². The molecule has 0 bridgehead atoms. The number of carboxylic acid groups (broad SMARTS) is 1. The van der Waals surface area contributed by atoms with Gasteiger partial charge in [-0.05, 0) is 29.7 Å². The van der Waals surface area contributed by atoms with Crippen LogP contribution in [0.5, 0.6) is 17.4 Å². The Morgan fingerprint density at radius 1 is 1.05 bits per heavy atom. The molecule has 0 unspecified atom stereocenters. The molecule has 0 aliphatic heterocycles. The Morgan fingerprint density at radius 3 is 2.55 bits per heavy atom. The van der Waals surface area contributed by atoms with Crippen LogP contribution in [0.15, 0.2) is 54.7 Å². The molecule has 0 aliphatic rings. The summed E-state index contributed by atoms with van der Waals surface area (Å²) >= 11 is 0. The van der Waals surface area contributed by atoms with Crippen molar-refractivity contribution in [1.82, 2.24) is 4.98 Å². The summed E-state index contributed by atoms with van der Waals surface area (Å²) in [6.45, 7) is 0. The van der Waals surface area contributed by atoms with Gasteiger partial charge in [-0.3, -0.25) is 0 Å². The predicted molar refractivity (Wildman–Crippen MR) is 81.8 cm³/mol. The molecule has 0 fully saturated rings. The Balaban J connectivity index is 2.17. The third-order valence-electron chi connectivity index (χ3n) is 3.26. The van der Waals surface area contributed by atoms with Gasteiger partial charge in [-0.15, -0.1) is 0 Å². The quantitative estimate of drug-likeness (QED) is 0.794. The van der Waals surface area contributed by atoms with Crippen LogP contribution in [-0.2, 0) is 0 Å². The minimum atomic E-state index is -1.02. The van der Waals surface area contributed by atoms with Gasteiger partial charge in [0.2, 0.25) is 5.88 Å². The van der Waals surface area contributed by atoms with Crippen LogP contribution < -0.4 is 9.47 Å². The Morgan fingerprint density at radius 2 is 1.82 bits per heavy atom. The van der Waals surface area contributed by atoms with Crippen LogP contribution in [0.3, 0.4) is 0 Å². The predicted octanol–water partition coefficient (Wildman–Crippen LogP) is 3.73. The summed E-state index contributed by atoms with van der Waals surface area (Å²) in [6.07, 6.45) is 1.58. The maximum atomic E-state index is 11.4. The second-order valence-corrected chi connectivity index (χ2v) is 4.58. The third kappa shape index (κ3) is 2.44. The summed E-state index contributed by atoms with van der Waals surface area (Å²) in [5, 5.41) is 10.6. The van der Waals surface area contributed by atoms with Crippen LogP contribution >= 0.6 is 0 Å². The zero-order chi connectivity index (χ0) is 15.5. The minimum absolute atomic E-state index is 0.149. The highest BCUT2D eigenvalue weighted by molar-refractivity contribution is 6.05. The van der Waals surface area contributed by atoms with Gasteiger partial charge in [0.15, 0.2) is 11.5 Å². The van der Waals surface area contributed by atoms with Gasteiger partial charge in [0.05, 0.1) is 18.1 Å². The lowest BCUT2D eigenvalue weighted by Gasteiger charge is -2.12. The van der Waals surface area contributed by atoms with E-state index in [0.717, 1.165) is 5.39 Å². The van der Waals surface area contributed by atoms with E-state index in [1.54, 1.807) is 43.6 Å². The van der Waals surface area contributed by atoms with Gasteiger partial charge < -0.3 is 14.6 Å². The number of nitrogens with zero attached hydrogens (tertiary/aromatic N) is 1. The largest absolute Gasteiger partial charge is 0.493 e. The van der Waals surface area contributed by atoms with Crippen LogP contribution in [0.1, 0.15) is 10.4 Å². The number of benzene rings is 2. The zero-order valence-electron chi connectivity index (χ0n) is 11.8. The number of para-hydroxylation sites is 2.